The van der Waals surface area contributed by atoms with Gasteiger partial charge in [0.15, 0.2) is 0 Å². The second kappa shape index (κ2) is 6.50. The van der Waals surface area contributed by atoms with E-state index in [1.165, 1.54) is 26.1 Å². The molecule has 1 N–H and O–H groups in total. The Hall–Kier alpha value is -1.52. The quantitative estimate of drug-likeness (QED) is 0.592. The van der Waals surface area contributed by atoms with Crippen molar-refractivity contribution in [3.63, 3.8) is 0 Å². The van der Waals surface area contributed by atoms with Crippen molar-refractivity contribution in [3.05, 3.63) is 32.8 Å². The van der Waals surface area contributed by atoms with Crippen molar-refractivity contribution in [2.75, 3.05) is 13.6 Å². The molecule has 0 bridgehead atoms. The highest BCUT2D eigenvalue weighted by atomic mass is 79.9. The van der Waals surface area contributed by atoms with Crippen LogP contribution in [0.4, 0.5) is 5.69 Å². The number of sulfonamides is 1. The number of nitro benzene ring substituents is 1. The molecule has 0 aliphatic carbocycles. The third-order valence-electron chi connectivity index (χ3n) is 2.73. The highest BCUT2D eigenvalue weighted by Gasteiger charge is 2.26. The van der Waals surface area contributed by atoms with Gasteiger partial charge < -0.3 is 5.11 Å². The average molecular weight is 381 g/mol. The van der Waals surface area contributed by atoms with E-state index in [4.69, 9.17) is 5.11 Å². The van der Waals surface area contributed by atoms with Crippen molar-refractivity contribution in [2.45, 2.75) is 11.8 Å². The van der Waals surface area contributed by atoms with E-state index in [0.717, 1.165) is 10.4 Å². The van der Waals surface area contributed by atoms with Gasteiger partial charge in [0, 0.05) is 30.2 Å². The van der Waals surface area contributed by atoms with Crippen LogP contribution in [0.25, 0.3) is 0 Å². The summed E-state index contributed by atoms with van der Waals surface area (Å²) in [7, 11) is -2.79. The summed E-state index contributed by atoms with van der Waals surface area (Å²) in [6.45, 7) is 1.13. The predicted molar refractivity (Wildman–Crippen MR) is 77.4 cm³/mol. The van der Waals surface area contributed by atoms with Crippen LogP contribution in [0.2, 0.25) is 0 Å². The number of nitro groups is 1. The minimum absolute atomic E-state index is 0.238. The van der Waals surface area contributed by atoms with Crippen LogP contribution in [0, 0.1) is 16.0 Å². The van der Waals surface area contributed by atoms with Crippen LogP contribution in [0.5, 0.6) is 0 Å². The number of aliphatic carboxylic acids is 1. The summed E-state index contributed by atoms with van der Waals surface area (Å²) in [5.41, 5.74) is -0.373. The molecule has 0 saturated heterocycles. The monoisotopic (exact) mass is 380 g/mol. The van der Waals surface area contributed by atoms with E-state index in [2.05, 4.69) is 15.9 Å². The van der Waals surface area contributed by atoms with Crippen LogP contribution in [0.1, 0.15) is 6.92 Å². The second-order valence-electron chi connectivity index (χ2n) is 4.43. The normalized spacial score (nSPS) is 13.1. The van der Waals surface area contributed by atoms with Crippen molar-refractivity contribution in [2.24, 2.45) is 5.92 Å². The molecule has 21 heavy (non-hydrogen) atoms. The Morgan fingerprint density at radius 1 is 1.48 bits per heavy atom. The van der Waals surface area contributed by atoms with E-state index in [9.17, 15) is 23.3 Å². The molecule has 116 valence electrons. The molecule has 0 aliphatic heterocycles. The number of hydrogen-bond donors (Lipinski definition) is 1. The zero-order valence-electron chi connectivity index (χ0n) is 11.2. The number of rotatable bonds is 6. The molecule has 0 amide bonds. The Morgan fingerprint density at radius 2 is 2.05 bits per heavy atom. The van der Waals surface area contributed by atoms with Crippen LogP contribution >= 0.6 is 15.9 Å². The fraction of sp³-hybridized carbons (Fsp3) is 0.364. The highest BCUT2D eigenvalue weighted by molar-refractivity contribution is 9.10. The molecule has 1 aromatic carbocycles. The molecule has 1 aromatic rings. The van der Waals surface area contributed by atoms with Gasteiger partial charge in [-0.1, -0.05) is 22.9 Å². The van der Waals surface area contributed by atoms with Crippen LogP contribution in [0.15, 0.2) is 27.6 Å². The first-order chi connectivity index (χ1) is 9.55. The Balaban J connectivity index is 3.18. The van der Waals surface area contributed by atoms with Gasteiger partial charge in [-0.25, -0.2) is 12.7 Å². The van der Waals surface area contributed by atoms with E-state index >= 15 is 0 Å². The molecule has 0 aromatic heterocycles. The third-order valence-corrected chi connectivity index (χ3v) is 4.99. The van der Waals surface area contributed by atoms with Gasteiger partial charge >= 0.3 is 5.97 Å². The minimum atomic E-state index is -4.01. The van der Waals surface area contributed by atoms with E-state index < -0.39 is 26.8 Å². The molecule has 0 fully saturated rings. The van der Waals surface area contributed by atoms with Crippen LogP contribution in [0.3, 0.4) is 0 Å². The molecule has 10 heteroatoms. The van der Waals surface area contributed by atoms with E-state index in [0.29, 0.717) is 0 Å². The van der Waals surface area contributed by atoms with Gasteiger partial charge in [-0.2, -0.15) is 0 Å². The van der Waals surface area contributed by atoms with Gasteiger partial charge in [0.2, 0.25) is 10.0 Å². The molecule has 0 saturated carbocycles. The van der Waals surface area contributed by atoms with Gasteiger partial charge in [-0.05, 0) is 6.07 Å². The Kier molecular flexibility index (Phi) is 5.42. The lowest BCUT2D eigenvalue weighted by molar-refractivity contribution is -0.385. The van der Waals surface area contributed by atoms with Crippen LogP contribution < -0.4 is 0 Å². The van der Waals surface area contributed by atoms with Crippen LogP contribution in [-0.2, 0) is 14.8 Å². The van der Waals surface area contributed by atoms with Crippen molar-refractivity contribution >= 4 is 37.6 Å². The number of nitrogens with zero attached hydrogens (tertiary/aromatic N) is 2. The van der Waals surface area contributed by atoms with Gasteiger partial charge in [-0.15, -0.1) is 0 Å². The largest absolute Gasteiger partial charge is 0.481 e. The maximum absolute atomic E-state index is 12.3. The van der Waals surface area contributed by atoms with Crippen LogP contribution in [-0.4, -0.2) is 42.3 Å². The maximum Gasteiger partial charge on any atom is 0.307 e. The SMILES string of the molecule is CC(CN(C)S(=O)(=O)c1cc(Br)cc([N+](=O)[O-])c1)C(=O)O. The molecular formula is C11H13BrN2O6S. The molecule has 1 rings (SSSR count). The van der Waals surface area contributed by atoms with Crippen molar-refractivity contribution in [3.8, 4) is 0 Å². The summed E-state index contributed by atoms with van der Waals surface area (Å²) in [6.07, 6.45) is 0. The van der Waals surface area contributed by atoms with E-state index in [-0.39, 0.29) is 21.6 Å². The van der Waals surface area contributed by atoms with Crippen molar-refractivity contribution in [1.29, 1.82) is 0 Å². The number of carboxylic acids is 1. The molecule has 1 unspecified atom stereocenters. The smallest absolute Gasteiger partial charge is 0.307 e. The maximum atomic E-state index is 12.3. The fourth-order valence-electron chi connectivity index (χ4n) is 1.54. The zero-order chi connectivity index (χ0) is 16.4. The lowest BCUT2D eigenvalue weighted by Gasteiger charge is -2.19. The van der Waals surface area contributed by atoms with Gasteiger partial charge in [0.1, 0.15) is 0 Å². The predicted octanol–water partition coefficient (Wildman–Crippen LogP) is 1.70. The molecule has 0 radical (unpaired) electrons. The molecule has 1 atom stereocenters. The Bertz CT molecular complexity index is 675. The lowest BCUT2D eigenvalue weighted by Crippen LogP contribution is -2.33. The molecular weight excluding hydrogens is 368 g/mol. The minimum Gasteiger partial charge on any atom is -0.481 e. The standard InChI is InChI=1S/C11H13BrN2O6S/c1-7(11(15)16)6-13(2)21(19,20)10-4-8(12)3-9(5-10)14(17)18/h3-5,7H,6H2,1-2H3,(H,15,16). The Labute approximate surface area is 129 Å². The summed E-state index contributed by atoms with van der Waals surface area (Å²) in [5, 5.41) is 19.6. The van der Waals surface area contributed by atoms with Crippen molar-refractivity contribution < 1.29 is 23.2 Å². The molecule has 0 aliphatic rings. The fourth-order valence-corrected chi connectivity index (χ4v) is 3.50. The van der Waals surface area contributed by atoms with Gasteiger partial charge in [-0.3, -0.25) is 14.9 Å². The summed E-state index contributed by atoms with van der Waals surface area (Å²) in [6, 6.07) is 3.34. The summed E-state index contributed by atoms with van der Waals surface area (Å²) in [5.74, 6) is -2.02. The number of hydrogen-bond acceptors (Lipinski definition) is 5. The summed E-state index contributed by atoms with van der Waals surface area (Å²) < 4.78 is 25.7. The number of carbonyl (C=O) groups is 1. The molecule has 8 nitrogen and oxygen atoms in total. The zero-order valence-corrected chi connectivity index (χ0v) is 13.6. The van der Waals surface area contributed by atoms with Gasteiger partial charge in [0.25, 0.3) is 5.69 Å². The molecule has 0 heterocycles. The first-order valence-electron chi connectivity index (χ1n) is 5.70. The number of non-ortho nitro benzene ring substituents is 1. The van der Waals surface area contributed by atoms with E-state index in [1.54, 1.807) is 0 Å². The first kappa shape index (κ1) is 17.5. The lowest BCUT2D eigenvalue weighted by atomic mass is 10.2. The van der Waals surface area contributed by atoms with Gasteiger partial charge in [0.05, 0.1) is 15.7 Å². The second-order valence-corrected chi connectivity index (χ2v) is 7.39. The number of benzene rings is 1. The molecule has 0 spiro atoms. The highest BCUT2D eigenvalue weighted by Crippen LogP contribution is 2.26. The summed E-state index contributed by atoms with van der Waals surface area (Å²) in [4.78, 5) is 20.6. The number of carboxylic acid groups (broad SMARTS) is 1. The summed E-state index contributed by atoms with van der Waals surface area (Å²) >= 11 is 3.02. The third kappa shape index (κ3) is 4.22. The Morgan fingerprint density at radius 3 is 2.52 bits per heavy atom. The topological polar surface area (TPSA) is 118 Å². The van der Waals surface area contributed by atoms with E-state index in [1.807, 2.05) is 0 Å². The number of halogens is 1. The van der Waals surface area contributed by atoms with Crippen molar-refractivity contribution in [1.82, 2.24) is 4.31 Å². The first-order valence-corrected chi connectivity index (χ1v) is 7.93. The average Bonchev–Trinajstić information content (AvgIpc) is 2.37.